The Morgan fingerprint density at radius 2 is 2.05 bits per heavy atom. The van der Waals surface area contributed by atoms with Crippen molar-refractivity contribution in [1.82, 2.24) is 14.8 Å². The Bertz CT molecular complexity index is 575. The van der Waals surface area contributed by atoms with Crippen LogP contribution in [0, 0.1) is 12.8 Å². The predicted molar refractivity (Wildman–Crippen MR) is 77.9 cm³/mol. The first-order valence-corrected chi connectivity index (χ1v) is 6.79. The van der Waals surface area contributed by atoms with E-state index in [0.29, 0.717) is 12.5 Å². The number of nitrogens with zero attached hydrogens (tertiary/aromatic N) is 3. The van der Waals surface area contributed by atoms with E-state index in [4.69, 9.17) is 17.3 Å². The van der Waals surface area contributed by atoms with Crippen molar-refractivity contribution in [3.63, 3.8) is 0 Å². The summed E-state index contributed by atoms with van der Waals surface area (Å²) in [5, 5.41) is 9.16. The maximum Gasteiger partial charge on any atom is 0.164 e. The van der Waals surface area contributed by atoms with Crippen LogP contribution in [0.15, 0.2) is 18.2 Å². The van der Waals surface area contributed by atoms with E-state index in [9.17, 15) is 0 Å². The maximum absolute atomic E-state index is 6.18. The van der Waals surface area contributed by atoms with Gasteiger partial charge in [0.2, 0.25) is 0 Å². The fourth-order valence-corrected chi connectivity index (χ4v) is 2.17. The molecule has 0 aliphatic carbocycles. The van der Waals surface area contributed by atoms with Crippen LogP contribution in [0.3, 0.4) is 0 Å². The molecule has 0 radical (unpaired) electrons. The molecular formula is C14H19ClN4. The van der Waals surface area contributed by atoms with E-state index >= 15 is 0 Å². The minimum atomic E-state index is 0.388. The van der Waals surface area contributed by atoms with Crippen molar-refractivity contribution in [3.05, 3.63) is 34.6 Å². The molecule has 4 nitrogen and oxygen atoms in total. The Morgan fingerprint density at radius 1 is 1.32 bits per heavy atom. The van der Waals surface area contributed by atoms with Gasteiger partial charge in [0, 0.05) is 17.1 Å². The number of hydrogen-bond donors (Lipinski definition) is 1. The molecule has 0 amide bonds. The minimum Gasteiger partial charge on any atom is -0.324 e. The summed E-state index contributed by atoms with van der Waals surface area (Å²) < 4.78 is 2.08. The molecule has 19 heavy (non-hydrogen) atoms. The second-order valence-electron chi connectivity index (χ2n) is 5.11. The van der Waals surface area contributed by atoms with Gasteiger partial charge in [0.1, 0.15) is 5.82 Å². The smallest absolute Gasteiger partial charge is 0.164 e. The largest absolute Gasteiger partial charge is 0.324 e. The molecule has 0 spiro atoms. The predicted octanol–water partition coefficient (Wildman–Crippen LogP) is 3.02. The summed E-state index contributed by atoms with van der Waals surface area (Å²) in [4.78, 5) is 0. The number of aromatic nitrogens is 3. The number of nitrogens with two attached hydrogens (primary N) is 1. The van der Waals surface area contributed by atoms with Crippen LogP contribution in [-0.4, -0.2) is 14.8 Å². The van der Waals surface area contributed by atoms with Gasteiger partial charge in [0.15, 0.2) is 5.82 Å². The SMILES string of the molecule is Cc1ccc(-c2nnc(CN)n2CC(C)C)cc1Cl. The zero-order valence-electron chi connectivity index (χ0n) is 11.5. The monoisotopic (exact) mass is 278 g/mol. The highest BCUT2D eigenvalue weighted by atomic mass is 35.5. The fraction of sp³-hybridized carbons (Fsp3) is 0.429. The van der Waals surface area contributed by atoms with Crippen molar-refractivity contribution in [1.29, 1.82) is 0 Å². The highest BCUT2D eigenvalue weighted by Gasteiger charge is 2.14. The Balaban J connectivity index is 2.48. The highest BCUT2D eigenvalue weighted by Crippen LogP contribution is 2.25. The van der Waals surface area contributed by atoms with E-state index in [-0.39, 0.29) is 0 Å². The highest BCUT2D eigenvalue weighted by molar-refractivity contribution is 6.31. The summed E-state index contributed by atoms with van der Waals surface area (Å²) in [6.45, 7) is 7.54. The van der Waals surface area contributed by atoms with Gasteiger partial charge in [-0.15, -0.1) is 10.2 Å². The number of hydrogen-bond acceptors (Lipinski definition) is 3. The normalized spacial score (nSPS) is 11.3. The zero-order valence-corrected chi connectivity index (χ0v) is 12.3. The number of benzene rings is 1. The van der Waals surface area contributed by atoms with Crippen molar-refractivity contribution < 1.29 is 0 Å². The van der Waals surface area contributed by atoms with Crippen molar-refractivity contribution >= 4 is 11.6 Å². The molecule has 2 aromatic rings. The molecule has 1 aromatic heterocycles. The van der Waals surface area contributed by atoms with Gasteiger partial charge in [-0.1, -0.05) is 37.6 Å². The van der Waals surface area contributed by atoms with Crippen LogP contribution in [0.1, 0.15) is 25.2 Å². The van der Waals surface area contributed by atoms with Crippen molar-refractivity contribution in [3.8, 4) is 11.4 Å². The molecule has 5 heteroatoms. The van der Waals surface area contributed by atoms with Gasteiger partial charge in [0.25, 0.3) is 0 Å². The Labute approximate surface area is 118 Å². The molecule has 0 aliphatic heterocycles. The summed E-state index contributed by atoms with van der Waals surface area (Å²) in [5.41, 5.74) is 7.75. The van der Waals surface area contributed by atoms with Crippen molar-refractivity contribution in [2.45, 2.75) is 33.9 Å². The van der Waals surface area contributed by atoms with Gasteiger partial charge in [-0.05, 0) is 24.5 Å². The van der Waals surface area contributed by atoms with Gasteiger partial charge in [-0.3, -0.25) is 0 Å². The van der Waals surface area contributed by atoms with E-state index in [1.807, 2.05) is 25.1 Å². The first-order valence-electron chi connectivity index (χ1n) is 6.41. The van der Waals surface area contributed by atoms with Gasteiger partial charge in [-0.25, -0.2) is 0 Å². The number of halogens is 1. The summed E-state index contributed by atoms with van der Waals surface area (Å²) in [6, 6.07) is 5.94. The molecule has 0 aliphatic rings. The molecular weight excluding hydrogens is 260 g/mol. The van der Waals surface area contributed by atoms with Gasteiger partial charge in [-0.2, -0.15) is 0 Å². The second kappa shape index (κ2) is 5.72. The molecule has 0 bridgehead atoms. The van der Waals surface area contributed by atoms with E-state index in [1.54, 1.807) is 0 Å². The second-order valence-corrected chi connectivity index (χ2v) is 5.52. The van der Waals surface area contributed by atoms with E-state index in [0.717, 1.165) is 34.3 Å². The third-order valence-corrected chi connectivity index (χ3v) is 3.39. The van der Waals surface area contributed by atoms with Crippen LogP contribution >= 0.6 is 11.6 Å². The Morgan fingerprint density at radius 3 is 2.63 bits per heavy atom. The van der Waals surface area contributed by atoms with Crippen LogP contribution in [0.5, 0.6) is 0 Å². The third-order valence-electron chi connectivity index (χ3n) is 2.99. The summed E-state index contributed by atoms with van der Waals surface area (Å²) in [6.07, 6.45) is 0. The molecule has 0 saturated heterocycles. The van der Waals surface area contributed by atoms with Gasteiger partial charge < -0.3 is 10.3 Å². The van der Waals surface area contributed by atoms with Crippen LogP contribution in [0.2, 0.25) is 5.02 Å². The molecule has 0 saturated carbocycles. The molecule has 1 heterocycles. The molecule has 0 unspecified atom stereocenters. The summed E-state index contributed by atoms with van der Waals surface area (Å²) >= 11 is 6.18. The van der Waals surface area contributed by atoms with Crippen LogP contribution in [0.25, 0.3) is 11.4 Å². The van der Waals surface area contributed by atoms with Crippen LogP contribution in [0.4, 0.5) is 0 Å². The van der Waals surface area contributed by atoms with E-state index < -0.39 is 0 Å². The third kappa shape index (κ3) is 2.96. The lowest BCUT2D eigenvalue weighted by Gasteiger charge is -2.12. The molecule has 102 valence electrons. The van der Waals surface area contributed by atoms with Crippen LogP contribution < -0.4 is 5.73 Å². The topological polar surface area (TPSA) is 56.7 Å². The standard InChI is InChI=1S/C14H19ClN4/c1-9(2)8-19-13(7-16)17-18-14(19)11-5-4-10(3)12(15)6-11/h4-6,9H,7-8,16H2,1-3H3. The lowest BCUT2D eigenvalue weighted by atomic mass is 10.1. The van der Waals surface area contributed by atoms with Gasteiger partial charge in [0.05, 0.1) is 6.54 Å². The molecule has 0 atom stereocenters. The maximum atomic E-state index is 6.18. The average molecular weight is 279 g/mol. The lowest BCUT2D eigenvalue weighted by Crippen LogP contribution is -2.13. The molecule has 2 rings (SSSR count). The first-order chi connectivity index (χ1) is 9.02. The van der Waals surface area contributed by atoms with Crippen molar-refractivity contribution in [2.75, 3.05) is 0 Å². The van der Waals surface area contributed by atoms with E-state index in [1.165, 1.54) is 0 Å². The summed E-state index contributed by atoms with van der Waals surface area (Å²) in [5.74, 6) is 2.14. The number of rotatable bonds is 4. The summed E-state index contributed by atoms with van der Waals surface area (Å²) in [7, 11) is 0. The molecule has 0 fully saturated rings. The van der Waals surface area contributed by atoms with Crippen molar-refractivity contribution in [2.24, 2.45) is 11.7 Å². The number of aryl methyl sites for hydroxylation is 1. The quantitative estimate of drug-likeness (QED) is 0.935. The molecule has 1 aromatic carbocycles. The zero-order chi connectivity index (χ0) is 14.0. The first kappa shape index (κ1) is 14.0. The van der Waals surface area contributed by atoms with Gasteiger partial charge >= 0.3 is 0 Å². The van der Waals surface area contributed by atoms with E-state index in [2.05, 4.69) is 28.6 Å². The molecule has 2 N–H and O–H groups in total. The Kier molecular flexibility index (Phi) is 4.22. The minimum absolute atomic E-state index is 0.388. The average Bonchev–Trinajstić information content (AvgIpc) is 2.75. The fourth-order valence-electron chi connectivity index (χ4n) is 1.99. The lowest BCUT2D eigenvalue weighted by molar-refractivity contribution is 0.510. The van der Waals surface area contributed by atoms with Crippen LogP contribution in [-0.2, 0) is 13.1 Å². The Hall–Kier alpha value is -1.39.